The molecule has 0 unspecified atom stereocenters. The molecular weight excluding hydrogens is 278 g/mol. The van der Waals surface area contributed by atoms with Crippen molar-refractivity contribution in [2.45, 2.75) is 39.7 Å². The largest absolute Gasteiger partial charge is 0.372 e. The van der Waals surface area contributed by atoms with E-state index in [1.54, 1.807) is 6.20 Å². The summed E-state index contributed by atoms with van der Waals surface area (Å²) in [6.45, 7) is 7.29. The van der Waals surface area contributed by atoms with Gasteiger partial charge in [0.05, 0.1) is 5.69 Å². The van der Waals surface area contributed by atoms with Crippen LogP contribution in [-0.2, 0) is 16.6 Å². The average molecular weight is 303 g/mol. The van der Waals surface area contributed by atoms with Gasteiger partial charge in [0.2, 0.25) is 0 Å². The number of amides is 1. The van der Waals surface area contributed by atoms with Crippen molar-refractivity contribution in [1.29, 1.82) is 0 Å². The number of rotatable bonds is 3. The molecule has 1 aromatic heterocycles. The molecule has 120 valence electrons. The minimum absolute atomic E-state index is 0.0166. The second kappa shape index (κ2) is 6.97. The van der Waals surface area contributed by atoms with Crippen LogP contribution in [0.4, 0.5) is 0 Å². The number of ether oxygens (including phenoxy) is 1. The summed E-state index contributed by atoms with van der Waals surface area (Å²) in [4.78, 5) is 11.8. The fraction of sp³-hybridized carbons (Fsp3) is 0.647. The Morgan fingerprint density at radius 3 is 2.95 bits per heavy atom. The normalized spacial score (nSPS) is 21.8. The van der Waals surface area contributed by atoms with Crippen LogP contribution in [0.25, 0.3) is 0 Å². The van der Waals surface area contributed by atoms with Crippen LogP contribution >= 0.6 is 0 Å². The Hall–Kier alpha value is -1.80. The van der Waals surface area contributed by atoms with Crippen LogP contribution < -0.4 is 5.32 Å². The predicted molar refractivity (Wildman–Crippen MR) is 84.9 cm³/mol. The summed E-state index contributed by atoms with van der Waals surface area (Å²) < 4.78 is 7.75. The van der Waals surface area contributed by atoms with E-state index in [4.69, 9.17) is 4.74 Å². The third kappa shape index (κ3) is 4.60. The van der Waals surface area contributed by atoms with Gasteiger partial charge in [-0.3, -0.25) is 9.48 Å². The van der Waals surface area contributed by atoms with E-state index in [9.17, 15) is 4.79 Å². The van der Waals surface area contributed by atoms with E-state index in [2.05, 4.69) is 22.3 Å². The molecule has 1 N–H and O–H groups in total. The highest BCUT2D eigenvalue weighted by Crippen LogP contribution is 2.32. The Morgan fingerprint density at radius 1 is 1.55 bits per heavy atom. The first-order valence-corrected chi connectivity index (χ1v) is 7.77. The van der Waals surface area contributed by atoms with Gasteiger partial charge in [0.15, 0.2) is 0 Å². The molecule has 5 nitrogen and oxygen atoms in total. The zero-order valence-electron chi connectivity index (χ0n) is 13.8. The van der Waals surface area contributed by atoms with E-state index in [0.29, 0.717) is 6.54 Å². The molecule has 0 saturated carbocycles. The zero-order chi connectivity index (χ0) is 16.2. The predicted octanol–water partition coefficient (Wildman–Crippen LogP) is 2.05. The smallest absolute Gasteiger partial charge is 0.295 e. The maximum Gasteiger partial charge on any atom is 0.295 e. The molecule has 1 aliphatic rings. The van der Waals surface area contributed by atoms with E-state index in [-0.39, 0.29) is 23.3 Å². The molecule has 2 rings (SSSR count). The molecule has 1 aromatic rings. The number of hydrogen-bond donors (Lipinski definition) is 1. The highest BCUT2D eigenvalue weighted by Gasteiger charge is 2.29. The van der Waals surface area contributed by atoms with Crippen LogP contribution in [0.3, 0.4) is 0 Å². The lowest BCUT2D eigenvalue weighted by Crippen LogP contribution is -2.35. The topological polar surface area (TPSA) is 56.1 Å². The Bertz CT molecular complexity index is 575. The van der Waals surface area contributed by atoms with Crippen molar-refractivity contribution in [2.75, 3.05) is 13.2 Å². The van der Waals surface area contributed by atoms with Gasteiger partial charge >= 0.3 is 0 Å². The van der Waals surface area contributed by atoms with Gasteiger partial charge in [0.1, 0.15) is 6.10 Å². The Balaban J connectivity index is 1.96. The van der Waals surface area contributed by atoms with Crippen LogP contribution in [0, 0.1) is 23.2 Å². The highest BCUT2D eigenvalue weighted by atomic mass is 16.5. The molecule has 1 amide bonds. The first-order chi connectivity index (χ1) is 10.4. The molecule has 2 atom stereocenters. The summed E-state index contributed by atoms with van der Waals surface area (Å²) in [5.41, 5.74) is 0.891. The molecule has 1 aliphatic heterocycles. The molecule has 2 heterocycles. The van der Waals surface area contributed by atoms with Gasteiger partial charge in [-0.2, -0.15) is 5.10 Å². The standard InChI is InChI=1S/C17H25N3O2/c1-17(2,3)9-7-15(21)18-12-13-6-5-11-22-16(13)14-8-10-19-20(14)4/h8,10,13,16H,5-6,11-12H2,1-4H3,(H,18,21)/t13-,16+/m0/s1. The highest BCUT2D eigenvalue weighted by molar-refractivity contribution is 5.93. The van der Waals surface area contributed by atoms with Gasteiger partial charge in [0.25, 0.3) is 5.91 Å². The van der Waals surface area contributed by atoms with Crippen LogP contribution in [-0.4, -0.2) is 28.8 Å². The number of nitrogens with one attached hydrogen (secondary N) is 1. The quantitative estimate of drug-likeness (QED) is 0.870. The summed E-state index contributed by atoms with van der Waals surface area (Å²) in [5.74, 6) is 5.65. The number of aryl methyl sites for hydroxylation is 1. The van der Waals surface area contributed by atoms with Crippen LogP contribution in [0.15, 0.2) is 12.3 Å². The number of carbonyl (C=O) groups is 1. The molecule has 1 fully saturated rings. The maximum atomic E-state index is 11.8. The van der Waals surface area contributed by atoms with Gasteiger partial charge in [-0.25, -0.2) is 0 Å². The molecule has 5 heteroatoms. The fourth-order valence-electron chi connectivity index (χ4n) is 2.55. The summed E-state index contributed by atoms with van der Waals surface area (Å²) >= 11 is 0. The molecule has 0 aromatic carbocycles. The number of nitrogens with zero attached hydrogens (tertiary/aromatic N) is 2. The van der Waals surface area contributed by atoms with Crippen molar-refractivity contribution in [3.8, 4) is 11.8 Å². The van der Waals surface area contributed by atoms with Crippen molar-refractivity contribution < 1.29 is 9.53 Å². The van der Waals surface area contributed by atoms with E-state index in [1.807, 2.05) is 38.6 Å². The summed E-state index contributed by atoms with van der Waals surface area (Å²) in [6.07, 6.45) is 3.81. The Labute approximate surface area is 132 Å². The molecule has 0 radical (unpaired) electrons. The van der Waals surface area contributed by atoms with E-state index in [1.165, 1.54) is 0 Å². The maximum absolute atomic E-state index is 11.8. The minimum atomic E-state index is -0.218. The third-order valence-electron chi connectivity index (χ3n) is 3.67. The van der Waals surface area contributed by atoms with E-state index in [0.717, 1.165) is 25.1 Å². The van der Waals surface area contributed by atoms with Crippen molar-refractivity contribution >= 4 is 5.91 Å². The van der Waals surface area contributed by atoms with Crippen molar-refractivity contribution in [1.82, 2.24) is 15.1 Å². The lowest BCUT2D eigenvalue weighted by atomic mass is 9.92. The van der Waals surface area contributed by atoms with Gasteiger partial charge in [-0.15, -0.1) is 0 Å². The SMILES string of the molecule is Cn1nccc1[C@@H]1OCCC[C@H]1CNC(=O)C#CC(C)(C)C. The molecule has 0 bridgehead atoms. The summed E-state index contributed by atoms with van der Waals surface area (Å²) in [5, 5.41) is 7.12. The van der Waals surface area contributed by atoms with E-state index >= 15 is 0 Å². The van der Waals surface area contributed by atoms with Gasteiger partial charge in [-0.1, -0.05) is 5.92 Å². The van der Waals surface area contributed by atoms with Crippen molar-refractivity contribution in [3.63, 3.8) is 0 Å². The van der Waals surface area contributed by atoms with Gasteiger partial charge in [-0.05, 0) is 45.6 Å². The second-order valence-electron chi connectivity index (χ2n) is 6.78. The number of hydrogen-bond acceptors (Lipinski definition) is 3. The first kappa shape index (κ1) is 16.6. The van der Waals surface area contributed by atoms with Crippen LogP contribution in [0.5, 0.6) is 0 Å². The lowest BCUT2D eigenvalue weighted by molar-refractivity contribution is -0.116. The van der Waals surface area contributed by atoms with Crippen molar-refractivity contribution in [2.24, 2.45) is 18.4 Å². The summed E-state index contributed by atoms with van der Waals surface area (Å²) in [6, 6.07) is 1.98. The zero-order valence-corrected chi connectivity index (χ0v) is 13.8. The lowest BCUT2D eigenvalue weighted by Gasteiger charge is -2.31. The van der Waals surface area contributed by atoms with Crippen LogP contribution in [0.1, 0.15) is 45.4 Å². The Kier molecular flexibility index (Phi) is 5.25. The molecule has 0 aliphatic carbocycles. The molecular formula is C17H25N3O2. The third-order valence-corrected chi connectivity index (χ3v) is 3.67. The van der Waals surface area contributed by atoms with Gasteiger partial charge in [0, 0.05) is 37.7 Å². The fourth-order valence-corrected chi connectivity index (χ4v) is 2.55. The van der Waals surface area contributed by atoms with Gasteiger partial charge < -0.3 is 10.1 Å². The number of carbonyl (C=O) groups excluding carboxylic acids is 1. The van der Waals surface area contributed by atoms with Crippen LogP contribution in [0.2, 0.25) is 0 Å². The average Bonchev–Trinajstić information content (AvgIpc) is 2.88. The summed E-state index contributed by atoms with van der Waals surface area (Å²) in [7, 11) is 1.91. The van der Waals surface area contributed by atoms with Crippen molar-refractivity contribution in [3.05, 3.63) is 18.0 Å². The molecule has 22 heavy (non-hydrogen) atoms. The number of aromatic nitrogens is 2. The molecule has 0 spiro atoms. The Morgan fingerprint density at radius 2 is 2.32 bits per heavy atom. The minimum Gasteiger partial charge on any atom is -0.372 e. The first-order valence-electron chi connectivity index (χ1n) is 7.77. The monoisotopic (exact) mass is 303 g/mol. The molecule has 1 saturated heterocycles. The van der Waals surface area contributed by atoms with E-state index < -0.39 is 0 Å². The second-order valence-corrected chi connectivity index (χ2v) is 6.78.